The summed E-state index contributed by atoms with van der Waals surface area (Å²) in [7, 11) is 0. The van der Waals surface area contributed by atoms with Gasteiger partial charge in [0.2, 0.25) is 5.89 Å². The van der Waals surface area contributed by atoms with Gasteiger partial charge in [-0.05, 0) is 19.1 Å². The van der Waals surface area contributed by atoms with Gasteiger partial charge in [-0.25, -0.2) is 0 Å². The van der Waals surface area contributed by atoms with Gasteiger partial charge in [0.05, 0.1) is 0 Å². The Morgan fingerprint density at radius 1 is 1.41 bits per heavy atom. The highest BCUT2D eigenvalue weighted by Gasteiger charge is 2.10. The minimum absolute atomic E-state index is 0.133. The summed E-state index contributed by atoms with van der Waals surface area (Å²) in [5.41, 5.74) is 1.60. The molecule has 0 aliphatic rings. The molecule has 0 atom stereocenters. The second kappa shape index (κ2) is 4.78. The second-order valence-electron chi connectivity index (χ2n) is 3.68. The quantitative estimate of drug-likeness (QED) is 0.879. The summed E-state index contributed by atoms with van der Waals surface area (Å²) in [6, 6.07) is 7.42. The van der Waals surface area contributed by atoms with Crippen molar-refractivity contribution in [2.45, 2.75) is 20.3 Å². The van der Waals surface area contributed by atoms with E-state index in [1.54, 1.807) is 12.1 Å². The summed E-state index contributed by atoms with van der Waals surface area (Å²) >= 11 is 0. The molecule has 1 aromatic carbocycles. The Kier molecular flexibility index (Phi) is 3.18. The van der Waals surface area contributed by atoms with Gasteiger partial charge in [0.1, 0.15) is 0 Å². The number of hydrogen-bond acceptors (Lipinski definition) is 4. The number of hydrogen-bond donors (Lipinski definition) is 1. The number of anilines is 1. The molecule has 17 heavy (non-hydrogen) atoms. The highest BCUT2D eigenvalue weighted by molar-refractivity contribution is 6.03. The largest absolute Gasteiger partial charge is 0.408 e. The maximum atomic E-state index is 11.8. The highest BCUT2D eigenvalue weighted by atomic mass is 16.4. The summed E-state index contributed by atoms with van der Waals surface area (Å²) in [5, 5.41) is 10.1. The fourth-order valence-electron chi connectivity index (χ4n) is 1.40. The number of carbonyl (C=O) groups is 1. The predicted molar refractivity (Wildman–Crippen MR) is 62.8 cm³/mol. The Labute approximate surface area is 98.9 Å². The smallest absolute Gasteiger partial charge is 0.322 e. The molecule has 0 spiro atoms. The molecule has 2 rings (SSSR count). The van der Waals surface area contributed by atoms with E-state index in [0.717, 1.165) is 5.56 Å². The third kappa shape index (κ3) is 2.69. The minimum atomic E-state index is -0.250. The van der Waals surface area contributed by atoms with Gasteiger partial charge in [0.15, 0.2) is 0 Å². The Bertz CT molecular complexity index is 534. The van der Waals surface area contributed by atoms with Crippen molar-refractivity contribution in [3.63, 3.8) is 0 Å². The first-order chi connectivity index (χ1) is 8.19. The molecule has 0 aliphatic carbocycles. The molecule has 1 heterocycles. The van der Waals surface area contributed by atoms with Crippen LogP contribution in [0, 0.1) is 6.92 Å². The van der Waals surface area contributed by atoms with Crippen LogP contribution in [0.1, 0.15) is 28.7 Å². The molecule has 5 nitrogen and oxygen atoms in total. The van der Waals surface area contributed by atoms with E-state index in [0.29, 0.717) is 17.9 Å². The van der Waals surface area contributed by atoms with Crippen LogP contribution in [-0.2, 0) is 6.42 Å². The van der Waals surface area contributed by atoms with E-state index in [1.165, 1.54) is 0 Å². The first-order valence-electron chi connectivity index (χ1n) is 5.39. The zero-order valence-corrected chi connectivity index (χ0v) is 9.73. The van der Waals surface area contributed by atoms with E-state index >= 15 is 0 Å². The number of nitrogens with zero attached hydrogens (tertiary/aromatic N) is 2. The monoisotopic (exact) mass is 231 g/mol. The third-order valence-electron chi connectivity index (χ3n) is 2.27. The number of amides is 1. The molecule has 0 saturated heterocycles. The maximum absolute atomic E-state index is 11.8. The average molecular weight is 231 g/mol. The van der Waals surface area contributed by atoms with Gasteiger partial charge in [-0.3, -0.25) is 10.1 Å². The van der Waals surface area contributed by atoms with E-state index < -0.39 is 0 Å². The van der Waals surface area contributed by atoms with Crippen molar-refractivity contribution in [2.24, 2.45) is 0 Å². The van der Waals surface area contributed by atoms with Crippen LogP contribution in [-0.4, -0.2) is 16.1 Å². The molecular formula is C12H13N3O2. The normalized spacial score (nSPS) is 10.2. The van der Waals surface area contributed by atoms with Gasteiger partial charge in [0.25, 0.3) is 5.91 Å². The predicted octanol–water partition coefficient (Wildman–Crippen LogP) is 2.19. The lowest BCUT2D eigenvalue weighted by Gasteiger charge is -2.01. The molecule has 0 aliphatic heterocycles. The van der Waals surface area contributed by atoms with Crippen molar-refractivity contribution in [1.29, 1.82) is 0 Å². The summed E-state index contributed by atoms with van der Waals surface area (Å²) in [6.07, 6.45) is 0.646. The first kappa shape index (κ1) is 11.3. The topological polar surface area (TPSA) is 68.0 Å². The van der Waals surface area contributed by atoms with Crippen LogP contribution < -0.4 is 5.32 Å². The lowest BCUT2D eigenvalue weighted by Crippen LogP contribution is -2.12. The average Bonchev–Trinajstić information content (AvgIpc) is 2.77. The van der Waals surface area contributed by atoms with Crippen LogP contribution in [0.4, 0.5) is 6.01 Å². The number of aromatic nitrogens is 2. The van der Waals surface area contributed by atoms with Gasteiger partial charge in [-0.15, -0.1) is 5.10 Å². The van der Waals surface area contributed by atoms with Crippen LogP contribution in [0.25, 0.3) is 0 Å². The van der Waals surface area contributed by atoms with E-state index in [4.69, 9.17) is 4.42 Å². The van der Waals surface area contributed by atoms with Crippen LogP contribution in [0.3, 0.4) is 0 Å². The van der Waals surface area contributed by atoms with Crippen LogP contribution in [0.15, 0.2) is 28.7 Å². The summed E-state index contributed by atoms with van der Waals surface area (Å²) < 4.78 is 5.20. The number of carbonyl (C=O) groups excluding carboxylic acids is 1. The number of nitrogens with one attached hydrogen (secondary N) is 1. The van der Waals surface area contributed by atoms with Gasteiger partial charge in [-0.1, -0.05) is 29.7 Å². The zero-order chi connectivity index (χ0) is 12.3. The van der Waals surface area contributed by atoms with Crippen molar-refractivity contribution in [2.75, 3.05) is 5.32 Å². The molecule has 0 bridgehead atoms. The molecular weight excluding hydrogens is 218 g/mol. The SMILES string of the molecule is CCc1nnc(NC(=O)c2cccc(C)c2)o1. The zero-order valence-electron chi connectivity index (χ0n) is 9.73. The lowest BCUT2D eigenvalue weighted by atomic mass is 10.1. The van der Waals surface area contributed by atoms with Crippen LogP contribution in [0.2, 0.25) is 0 Å². The summed E-state index contributed by atoms with van der Waals surface area (Å²) in [5.74, 6) is 0.254. The molecule has 5 heteroatoms. The fraction of sp³-hybridized carbons (Fsp3) is 0.250. The van der Waals surface area contributed by atoms with Gasteiger partial charge >= 0.3 is 6.01 Å². The molecule has 1 N–H and O–H groups in total. The molecule has 0 radical (unpaired) electrons. The molecule has 88 valence electrons. The summed E-state index contributed by atoms with van der Waals surface area (Å²) in [4.78, 5) is 11.8. The van der Waals surface area contributed by atoms with Crippen molar-refractivity contribution in [1.82, 2.24) is 10.2 Å². The molecule has 2 aromatic rings. The van der Waals surface area contributed by atoms with E-state index in [9.17, 15) is 4.79 Å². The Hall–Kier alpha value is -2.17. The first-order valence-corrected chi connectivity index (χ1v) is 5.39. The Morgan fingerprint density at radius 3 is 2.88 bits per heavy atom. The molecule has 0 unspecified atom stereocenters. The molecule has 1 aromatic heterocycles. The number of aryl methyl sites for hydroxylation is 2. The standard InChI is InChI=1S/C12H13N3O2/c1-3-10-14-15-12(17-10)13-11(16)9-6-4-5-8(2)7-9/h4-7H,3H2,1-2H3,(H,13,15,16). The Morgan fingerprint density at radius 2 is 2.24 bits per heavy atom. The van der Waals surface area contributed by atoms with E-state index in [-0.39, 0.29) is 11.9 Å². The maximum Gasteiger partial charge on any atom is 0.322 e. The second-order valence-corrected chi connectivity index (χ2v) is 3.68. The highest BCUT2D eigenvalue weighted by Crippen LogP contribution is 2.09. The minimum Gasteiger partial charge on any atom is -0.408 e. The van der Waals surface area contributed by atoms with Crippen molar-refractivity contribution < 1.29 is 9.21 Å². The van der Waals surface area contributed by atoms with Crippen molar-refractivity contribution in [3.8, 4) is 0 Å². The van der Waals surface area contributed by atoms with Gasteiger partial charge in [-0.2, -0.15) is 0 Å². The van der Waals surface area contributed by atoms with Crippen molar-refractivity contribution >= 4 is 11.9 Å². The number of benzene rings is 1. The van der Waals surface area contributed by atoms with Crippen LogP contribution >= 0.6 is 0 Å². The summed E-state index contributed by atoms with van der Waals surface area (Å²) in [6.45, 7) is 3.83. The lowest BCUT2D eigenvalue weighted by molar-refractivity contribution is 0.102. The van der Waals surface area contributed by atoms with Crippen molar-refractivity contribution in [3.05, 3.63) is 41.3 Å². The fourth-order valence-corrected chi connectivity index (χ4v) is 1.40. The van der Waals surface area contributed by atoms with E-state index in [2.05, 4.69) is 15.5 Å². The molecule has 0 saturated carbocycles. The van der Waals surface area contributed by atoms with Gasteiger partial charge in [0, 0.05) is 12.0 Å². The molecule has 1 amide bonds. The Balaban J connectivity index is 2.11. The van der Waals surface area contributed by atoms with Crippen LogP contribution in [0.5, 0.6) is 0 Å². The van der Waals surface area contributed by atoms with Gasteiger partial charge < -0.3 is 4.42 Å². The van der Waals surface area contributed by atoms with E-state index in [1.807, 2.05) is 26.0 Å². The molecule has 0 fully saturated rings. The number of rotatable bonds is 3. The third-order valence-corrected chi connectivity index (χ3v) is 2.27.